The van der Waals surface area contributed by atoms with Crippen LogP contribution in [0.4, 0.5) is 5.69 Å². The number of hydrogen-bond acceptors (Lipinski definition) is 4. The number of benzene rings is 2. The zero-order valence-electron chi connectivity index (χ0n) is 12.1. The van der Waals surface area contributed by atoms with Crippen LogP contribution in [0, 0.1) is 10.1 Å². The predicted octanol–water partition coefficient (Wildman–Crippen LogP) is 3.33. The van der Waals surface area contributed by atoms with Gasteiger partial charge in [0.2, 0.25) is 5.91 Å². The fraction of sp³-hybridized carbons (Fsp3) is 0.125. The van der Waals surface area contributed by atoms with Gasteiger partial charge in [-0.2, -0.15) is 5.10 Å². The second-order valence-electron chi connectivity index (χ2n) is 4.75. The molecule has 0 saturated carbocycles. The second-order valence-corrected chi connectivity index (χ2v) is 5.15. The molecule has 0 fully saturated rings. The fourth-order valence-corrected chi connectivity index (χ4v) is 2.07. The Morgan fingerprint density at radius 2 is 2.00 bits per heavy atom. The number of carbonyl (C=O) groups is 1. The number of carbonyl (C=O) groups excluding carboxylic acids is 1. The molecule has 7 heteroatoms. The average molecular weight is 332 g/mol. The van der Waals surface area contributed by atoms with Crippen molar-refractivity contribution in [2.45, 2.75) is 12.8 Å². The lowest BCUT2D eigenvalue weighted by atomic mass is 10.1. The number of halogens is 1. The molecule has 118 valence electrons. The Labute approximate surface area is 137 Å². The third-order valence-corrected chi connectivity index (χ3v) is 3.37. The first-order valence-corrected chi connectivity index (χ1v) is 7.24. The molecule has 0 aliphatic rings. The maximum atomic E-state index is 11.7. The van der Waals surface area contributed by atoms with Gasteiger partial charge in [-0.1, -0.05) is 48.0 Å². The van der Waals surface area contributed by atoms with Crippen LogP contribution < -0.4 is 5.43 Å². The molecule has 0 spiro atoms. The van der Waals surface area contributed by atoms with Crippen LogP contribution in [0.5, 0.6) is 0 Å². The lowest BCUT2D eigenvalue weighted by Crippen LogP contribution is -2.17. The topological polar surface area (TPSA) is 84.6 Å². The fourth-order valence-electron chi connectivity index (χ4n) is 1.89. The Morgan fingerprint density at radius 1 is 1.26 bits per heavy atom. The molecule has 0 atom stereocenters. The van der Waals surface area contributed by atoms with Crippen LogP contribution >= 0.6 is 11.6 Å². The summed E-state index contributed by atoms with van der Waals surface area (Å²) in [6.07, 6.45) is 2.26. The molecule has 0 aromatic heterocycles. The summed E-state index contributed by atoms with van der Waals surface area (Å²) in [4.78, 5) is 21.9. The number of aryl methyl sites for hydroxylation is 1. The molecular weight excluding hydrogens is 318 g/mol. The monoisotopic (exact) mass is 331 g/mol. The number of amides is 1. The Hall–Kier alpha value is -2.73. The van der Waals surface area contributed by atoms with Gasteiger partial charge in [-0.05, 0) is 18.1 Å². The molecule has 1 amide bonds. The van der Waals surface area contributed by atoms with Gasteiger partial charge in [0.25, 0.3) is 5.69 Å². The average Bonchev–Trinajstić information content (AvgIpc) is 2.55. The summed E-state index contributed by atoms with van der Waals surface area (Å²) in [7, 11) is 0. The molecule has 0 aliphatic carbocycles. The van der Waals surface area contributed by atoms with E-state index in [1.165, 1.54) is 18.3 Å². The lowest BCUT2D eigenvalue weighted by Gasteiger charge is -2.01. The van der Waals surface area contributed by atoms with Crippen LogP contribution in [0.3, 0.4) is 0 Å². The largest absolute Gasteiger partial charge is 0.288 e. The highest BCUT2D eigenvalue weighted by Crippen LogP contribution is 2.24. The van der Waals surface area contributed by atoms with E-state index in [2.05, 4.69) is 10.5 Å². The predicted molar refractivity (Wildman–Crippen MR) is 88.6 cm³/mol. The third-order valence-electron chi connectivity index (χ3n) is 3.05. The summed E-state index contributed by atoms with van der Waals surface area (Å²) in [6.45, 7) is 0. The number of nitro groups is 1. The smallest absolute Gasteiger partial charge is 0.273 e. The first-order valence-electron chi connectivity index (χ1n) is 6.86. The van der Waals surface area contributed by atoms with Gasteiger partial charge in [0, 0.05) is 18.1 Å². The van der Waals surface area contributed by atoms with Gasteiger partial charge in [-0.3, -0.25) is 14.9 Å². The van der Waals surface area contributed by atoms with Crippen LogP contribution in [0.15, 0.2) is 53.6 Å². The van der Waals surface area contributed by atoms with Crippen LogP contribution in [0.2, 0.25) is 5.02 Å². The summed E-state index contributed by atoms with van der Waals surface area (Å²) in [5.74, 6) is -0.228. The zero-order chi connectivity index (χ0) is 16.7. The van der Waals surface area contributed by atoms with Crippen LogP contribution in [0.25, 0.3) is 0 Å². The standard InChI is InChI=1S/C16H14ClN3O3/c17-14-8-6-13(10-15(14)20(22)23)11-18-19-16(21)9-7-12-4-2-1-3-5-12/h1-6,8,10-11H,7,9H2,(H,19,21)/b18-11-. The van der Waals surface area contributed by atoms with Crippen molar-refractivity contribution in [1.29, 1.82) is 0 Å². The maximum absolute atomic E-state index is 11.7. The van der Waals surface area contributed by atoms with Crippen molar-refractivity contribution in [2.75, 3.05) is 0 Å². The van der Waals surface area contributed by atoms with Gasteiger partial charge in [0.05, 0.1) is 11.1 Å². The molecule has 6 nitrogen and oxygen atoms in total. The van der Waals surface area contributed by atoms with Gasteiger partial charge in [-0.15, -0.1) is 0 Å². The van der Waals surface area contributed by atoms with E-state index in [0.717, 1.165) is 5.56 Å². The number of nitrogens with one attached hydrogen (secondary N) is 1. The Bertz CT molecular complexity index is 733. The molecule has 0 bridgehead atoms. The van der Waals surface area contributed by atoms with E-state index in [1.54, 1.807) is 6.07 Å². The molecule has 2 aromatic carbocycles. The number of hydrazone groups is 1. The van der Waals surface area contributed by atoms with Gasteiger partial charge in [0.15, 0.2) is 0 Å². The van der Waals surface area contributed by atoms with Crippen molar-refractivity contribution in [3.8, 4) is 0 Å². The van der Waals surface area contributed by atoms with Crippen LogP contribution in [-0.4, -0.2) is 17.0 Å². The van der Waals surface area contributed by atoms with E-state index in [0.29, 0.717) is 18.4 Å². The molecule has 2 aromatic rings. The molecule has 23 heavy (non-hydrogen) atoms. The van der Waals surface area contributed by atoms with Gasteiger partial charge in [-0.25, -0.2) is 5.43 Å². The van der Waals surface area contributed by atoms with E-state index < -0.39 is 4.92 Å². The lowest BCUT2D eigenvalue weighted by molar-refractivity contribution is -0.384. The Balaban J connectivity index is 1.87. The van der Waals surface area contributed by atoms with Crippen molar-refractivity contribution < 1.29 is 9.72 Å². The molecule has 0 radical (unpaired) electrons. The van der Waals surface area contributed by atoms with E-state index in [1.807, 2.05) is 30.3 Å². The van der Waals surface area contributed by atoms with Crippen LogP contribution in [0.1, 0.15) is 17.5 Å². The van der Waals surface area contributed by atoms with Gasteiger partial charge in [0.1, 0.15) is 5.02 Å². The quantitative estimate of drug-likeness (QED) is 0.500. The summed E-state index contributed by atoms with van der Waals surface area (Å²) in [5, 5.41) is 14.6. The molecule has 0 saturated heterocycles. The van der Waals surface area contributed by atoms with Crippen molar-refractivity contribution in [3.05, 3.63) is 74.8 Å². The normalized spacial score (nSPS) is 10.7. The summed E-state index contributed by atoms with van der Waals surface area (Å²) < 4.78 is 0. The van der Waals surface area contributed by atoms with Crippen molar-refractivity contribution in [1.82, 2.24) is 5.43 Å². The molecule has 2 rings (SSSR count). The van der Waals surface area contributed by atoms with E-state index >= 15 is 0 Å². The van der Waals surface area contributed by atoms with Gasteiger partial charge < -0.3 is 0 Å². The molecule has 0 unspecified atom stereocenters. The number of nitrogens with zero attached hydrogens (tertiary/aromatic N) is 2. The molecule has 1 N–H and O–H groups in total. The van der Waals surface area contributed by atoms with Crippen molar-refractivity contribution >= 4 is 29.4 Å². The first kappa shape index (κ1) is 16.6. The second kappa shape index (κ2) is 8.05. The van der Waals surface area contributed by atoms with Gasteiger partial charge >= 0.3 is 0 Å². The minimum Gasteiger partial charge on any atom is -0.273 e. The highest BCUT2D eigenvalue weighted by molar-refractivity contribution is 6.32. The van der Waals surface area contributed by atoms with E-state index in [-0.39, 0.29) is 16.6 Å². The number of rotatable bonds is 6. The van der Waals surface area contributed by atoms with Crippen molar-refractivity contribution in [2.24, 2.45) is 5.10 Å². The SMILES string of the molecule is O=C(CCc1ccccc1)N/N=C\c1ccc(Cl)c([N+](=O)[O-])c1. The summed E-state index contributed by atoms with van der Waals surface area (Å²) >= 11 is 5.72. The number of hydrogen-bond donors (Lipinski definition) is 1. The maximum Gasteiger partial charge on any atom is 0.288 e. The van der Waals surface area contributed by atoms with Crippen LogP contribution in [-0.2, 0) is 11.2 Å². The molecular formula is C16H14ClN3O3. The highest BCUT2D eigenvalue weighted by Gasteiger charge is 2.11. The Kier molecular flexibility index (Phi) is 5.82. The van der Waals surface area contributed by atoms with E-state index in [9.17, 15) is 14.9 Å². The third kappa shape index (κ3) is 5.19. The van der Waals surface area contributed by atoms with Crippen molar-refractivity contribution in [3.63, 3.8) is 0 Å². The highest BCUT2D eigenvalue weighted by atomic mass is 35.5. The molecule has 0 aliphatic heterocycles. The summed E-state index contributed by atoms with van der Waals surface area (Å²) in [5.41, 5.74) is 3.74. The Morgan fingerprint density at radius 3 is 2.70 bits per heavy atom. The number of nitro benzene ring substituents is 1. The zero-order valence-corrected chi connectivity index (χ0v) is 12.9. The van der Waals surface area contributed by atoms with E-state index in [4.69, 9.17) is 11.6 Å². The first-order chi connectivity index (χ1) is 11.1. The molecule has 0 heterocycles. The minimum atomic E-state index is -0.571. The summed E-state index contributed by atoms with van der Waals surface area (Å²) in [6, 6.07) is 13.9. The minimum absolute atomic E-state index is 0.0547.